The molecule has 0 fully saturated rings. The Morgan fingerprint density at radius 1 is 1.42 bits per heavy atom. The molecule has 0 unspecified atom stereocenters. The Kier molecular flexibility index (Phi) is 4.27. The molecule has 1 amide bonds. The fraction of sp³-hybridized carbons (Fsp3) is 0.231. The summed E-state index contributed by atoms with van der Waals surface area (Å²) in [5.41, 5.74) is 1.76. The number of rotatable bonds is 3. The number of benzene rings is 1. The standard InChI is InChI=1S/C13H13BrClN3O/c1-3-18-12(11(15)8(2)17-18)13(19)16-10-6-4-9(14)5-7-10/h4-7H,3H2,1-2H3,(H,16,19). The summed E-state index contributed by atoms with van der Waals surface area (Å²) in [6.07, 6.45) is 0. The first-order valence-electron chi connectivity index (χ1n) is 5.82. The van der Waals surface area contributed by atoms with Gasteiger partial charge in [-0.3, -0.25) is 9.48 Å². The molecule has 0 atom stereocenters. The third-order valence-corrected chi connectivity index (χ3v) is 3.65. The second-order valence-corrected chi connectivity index (χ2v) is 5.32. The van der Waals surface area contributed by atoms with Crippen LogP contribution in [0.15, 0.2) is 28.7 Å². The summed E-state index contributed by atoms with van der Waals surface area (Å²) in [4.78, 5) is 12.2. The minimum atomic E-state index is -0.255. The molecule has 0 spiro atoms. The van der Waals surface area contributed by atoms with Gasteiger partial charge in [0.15, 0.2) is 0 Å². The molecule has 0 aliphatic heterocycles. The minimum absolute atomic E-state index is 0.255. The first kappa shape index (κ1) is 14.1. The maximum atomic E-state index is 12.2. The van der Waals surface area contributed by atoms with Crippen molar-refractivity contribution in [3.63, 3.8) is 0 Å². The summed E-state index contributed by atoms with van der Waals surface area (Å²) < 4.78 is 2.56. The van der Waals surface area contributed by atoms with Gasteiger partial charge >= 0.3 is 0 Å². The highest BCUT2D eigenvalue weighted by Gasteiger charge is 2.19. The van der Waals surface area contributed by atoms with Crippen molar-refractivity contribution in [1.29, 1.82) is 0 Å². The van der Waals surface area contributed by atoms with Crippen molar-refractivity contribution in [3.8, 4) is 0 Å². The SMILES string of the molecule is CCn1nc(C)c(Cl)c1C(=O)Nc1ccc(Br)cc1. The predicted octanol–water partition coefficient (Wildman–Crippen LogP) is 3.88. The van der Waals surface area contributed by atoms with E-state index in [2.05, 4.69) is 26.3 Å². The van der Waals surface area contributed by atoms with Gasteiger partial charge in [0, 0.05) is 16.7 Å². The molecule has 19 heavy (non-hydrogen) atoms. The van der Waals surface area contributed by atoms with Gasteiger partial charge in [-0.1, -0.05) is 27.5 Å². The van der Waals surface area contributed by atoms with E-state index in [0.717, 1.165) is 4.47 Å². The zero-order valence-electron chi connectivity index (χ0n) is 10.6. The summed E-state index contributed by atoms with van der Waals surface area (Å²) in [6, 6.07) is 7.35. The average molecular weight is 343 g/mol. The van der Waals surface area contributed by atoms with Crippen LogP contribution >= 0.6 is 27.5 Å². The van der Waals surface area contributed by atoms with E-state index in [1.54, 1.807) is 11.6 Å². The normalized spacial score (nSPS) is 10.5. The van der Waals surface area contributed by atoms with Crippen molar-refractivity contribution in [3.05, 3.63) is 45.1 Å². The highest BCUT2D eigenvalue weighted by Crippen LogP contribution is 2.22. The van der Waals surface area contributed by atoms with E-state index < -0.39 is 0 Å². The van der Waals surface area contributed by atoms with E-state index in [0.29, 0.717) is 28.6 Å². The number of halogens is 2. The molecule has 1 heterocycles. The minimum Gasteiger partial charge on any atom is -0.321 e. The zero-order valence-corrected chi connectivity index (χ0v) is 12.9. The maximum absolute atomic E-state index is 12.2. The van der Waals surface area contributed by atoms with Crippen LogP contribution < -0.4 is 5.32 Å². The summed E-state index contributed by atoms with van der Waals surface area (Å²) in [7, 11) is 0. The van der Waals surface area contributed by atoms with E-state index in [1.165, 1.54) is 0 Å². The Labute approximate surface area is 124 Å². The lowest BCUT2D eigenvalue weighted by Crippen LogP contribution is -2.17. The van der Waals surface area contributed by atoms with E-state index in [1.807, 2.05) is 31.2 Å². The number of hydrogen-bond donors (Lipinski definition) is 1. The van der Waals surface area contributed by atoms with Crippen LogP contribution in [0.5, 0.6) is 0 Å². The van der Waals surface area contributed by atoms with E-state index in [-0.39, 0.29) is 5.91 Å². The number of aromatic nitrogens is 2. The molecule has 4 nitrogen and oxygen atoms in total. The summed E-state index contributed by atoms with van der Waals surface area (Å²) in [5, 5.41) is 7.43. The summed E-state index contributed by atoms with van der Waals surface area (Å²) >= 11 is 9.47. The lowest BCUT2D eigenvalue weighted by atomic mass is 10.3. The number of nitrogens with zero attached hydrogens (tertiary/aromatic N) is 2. The fourth-order valence-corrected chi connectivity index (χ4v) is 2.21. The molecular formula is C13H13BrClN3O. The molecule has 0 radical (unpaired) electrons. The van der Waals surface area contributed by atoms with Crippen LogP contribution in [0.25, 0.3) is 0 Å². The molecule has 1 N–H and O–H groups in total. The Hall–Kier alpha value is -1.33. The quantitative estimate of drug-likeness (QED) is 0.920. The average Bonchev–Trinajstić information content (AvgIpc) is 2.68. The maximum Gasteiger partial charge on any atom is 0.275 e. The predicted molar refractivity (Wildman–Crippen MR) is 79.7 cm³/mol. The van der Waals surface area contributed by atoms with Gasteiger partial charge in [-0.15, -0.1) is 0 Å². The van der Waals surface area contributed by atoms with Crippen LogP contribution in [0.2, 0.25) is 5.02 Å². The van der Waals surface area contributed by atoms with Crippen LogP contribution in [0, 0.1) is 6.92 Å². The van der Waals surface area contributed by atoms with Crippen molar-refractivity contribution >= 4 is 39.1 Å². The monoisotopic (exact) mass is 341 g/mol. The number of nitrogens with one attached hydrogen (secondary N) is 1. The molecule has 2 aromatic rings. The van der Waals surface area contributed by atoms with Gasteiger partial charge in [0.05, 0.1) is 10.7 Å². The van der Waals surface area contributed by atoms with E-state index in [9.17, 15) is 4.79 Å². The molecule has 0 saturated heterocycles. The molecule has 0 bridgehead atoms. The molecule has 0 aliphatic rings. The number of carbonyl (C=O) groups is 1. The highest BCUT2D eigenvalue weighted by molar-refractivity contribution is 9.10. The fourth-order valence-electron chi connectivity index (χ4n) is 1.73. The van der Waals surface area contributed by atoms with E-state index in [4.69, 9.17) is 11.6 Å². The summed E-state index contributed by atoms with van der Waals surface area (Å²) in [5.74, 6) is -0.255. The van der Waals surface area contributed by atoms with Gasteiger partial charge in [-0.2, -0.15) is 5.10 Å². The Bertz CT molecular complexity index is 607. The topological polar surface area (TPSA) is 46.9 Å². The molecule has 2 rings (SSSR count). The van der Waals surface area contributed by atoms with Crippen LogP contribution in [0.1, 0.15) is 23.1 Å². The number of amides is 1. The molecule has 0 saturated carbocycles. The smallest absolute Gasteiger partial charge is 0.275 e. The van der Waals surface area contributed by atoms with Crippen LogP contribution in [0.3, 0.4) is 0 Å². The van der Waals surface area contributed by atoms with Crippen LogP contribution in [0.4, 0.5) is 5.69 Å². The third kappa shape index (κ3) is 2.98. The van der Waals surface area contributed by atoms with Gasteiger partial charge < -0.3 is 5.32 Å². The number of hydrogen-bond acceptors (Lipinski definition) is 2. The Balaban J connectivity index is 2.27. The third-order valence-electron chi connectivity index (χ3n) is 2.67. The van der Waals surface area contributed by atoms with E-state index >= 15 is 0 Å². The molecule has 100 valence electrons. The first-order chi connectivity index (χ1) is 9.02. The van der Waals surface area contributed by atoms with Gasteiger partial charge in [-0.05, 0) is 38.1 Å². The number of aryl methyl sites for hydroxylation is 2. The van der Waals surface area contributed by atoms with Crippen LogP contribution in [-0.4, -0.2) is 15.7 Å². The molecule has 1 aromatic heterocycles. The van der Waals surface area contributed by atoms with Crippen molar-refractivity contribution in [2.45, 2.75) is 20.4 Å². The molecule has 1 aromatic carbocycles. The molecular weight excluding hydrogens is 330 g/mol. The first-order valence-corrected chi connectivity index (χ1v) is 6.99. The lowest BCUT2D eigenvalue weighted by molar-refractivity contribution is 0.101. The van der Waals surface area contributed by atoms with Crippen LogP contribution in [-0.2, 0) is 6.54 Å². The Morgan fingerprint density at radius 2 is 2.05 bits per heavy atom. The van der Waals surface area contributed by atoms with Crippen molar-refractivity contribution < 1.29 is 4.79 Å². The zero-order chi connectivity index (χ0) is 14.0. The number of anilines is 1. The van der Waals surface area contributed by atoms with Gasteiger partial charge in [0.25, 0.3) is 5.91 Å². The number of carbonyl (C=O) groups excluding carboxylic acids is 1. The van der Waals surface area contributed by atoms with Crippen molar-refractivity contribution in [2.24, 2.45) is 0 Å². The second kappa shape index (κ2) is 5.75. The van der Waals surface area contributed by atoms with Gasteiger partial charge in [-0.25, -0.2) is 0 Å². The molecule has 6 heteroatoms. The van der Waals surface area contributed by atoms with Gasteiger partial charge in [0.1, 0.15) is 5.69 Å². The van der Waals surface area contributed by atoms with Crippen molar-refractivity contribution in [2.75, 3.05) is 5.32 Å². The van der Waals surface area contributed by atoms with Crippen molar-refractivity contribution in [1.82, 2.24) is 9.78 Å². The largest absolute Gasteiger partial charge is 0.321 e. The highest BCUT2D eigenvalue weighted by atomic mass is 79.9. The molecule has 0 aliphatic carbocycles. The second-order valence-electron chi connectivity index (χ2n) is 4.02. The Morgan fingerprint density at radius 3 is 2.63 bits per heavy atom. The van der Waals surface area contributed by atoms with Gasteiger partial charge in [0.2, 0.25) is 0 Å². The lowest BCUT2D eigenvalue weighted by Gasteiger charge is -2.07. The summed E-state index contributed by atoms with van der Waals surface area (Å²) in [6.45, 7) is 4.29.